The van der Waals surface area contributed by atoms with E-state index in [1.54, 1.807) is 0 Å². The summed E-state index contributed by atoms with van der Waals surface area (Å²) < 4.78 is 3.51. The molecule has 0 bridgehead atoms. The first kappa shape index (κ1) is 15.1. The number of anilines is 1. The molecule has 3 aromatic rings. The summed E-state index contributed by atoms with van der Waals surface area (Å²) in [7, 11) is 0. The number of aryl methyl sites for hydroxylation is 1. The van der Waals surface area contributed by atoms with Gasteiger partial charge in [-0.3, -0.25) is 0 Å². The van der Waals surface area contributed by atoms with Gasteiger partial charge in [0, 0.05) is 18.5 Å². The van der Waals surface area contributed by atoms with Crippen molar-refractivity contribution in [1.82, 2.24) is 0 Å². The first-order chi connectivity index (χ1) is 10.1. The van der Waals surface area contributed by atoms with Crippen molar-refractivity contribution in [2.24, 2.45) is 0 Å². The van der Waals surface area contributed by atoms with Crippen LogP contribution in [-0.4, -0.2) is 0 Å². The number of thiophene rings is 1. The standard InChI is InChI=1S/C17H15Br2NS/c1-10-13-5-3-4-6-16(13)21-17(10)11(2)20-15-9-12(18)7-8-14(15)19/h3-9,11,20H,1-2H3. The Kier molecular flexibility index (Phi) is 4.38. The van der Waals surface area contributed by atoms with E-state index in [-0.39, 0.29) is 6.04 Å². The lowest BCUT2D eigenvalue weighted by atomic mass is 10.1. The number of fused-ring (bicyclic) bond motifs is 1. The van der Waals surface area contributed by atoms with Gasteiger partial charge in [-0.1, -0.05) is 34.1 Å². The minimum absolute atomic E-state index is 0.271. The fraction of sp³-hybridized carbons (Fsp3) is 0.176. The molecule has 0 saturated carbocycles. The van der Waals surface area contributed by atoms with Crippen LogP contribution in [-0.2, 0) is 0 Å². The summed E-state index contributed by atoms with van der Waals surface area (Å²) in [5.41, 5.74) is 2.48. The van der Waals surface area contributed by atoms with Gasteiger partial charge in [-0.15, -0.1) is 11.3 Å². The molecule has 1 N–H and O–H groups in total. The average Bonchev–Trinajstić information content (AvgIpc) is 2.81. The molecule has 2 aromatic carbocycles. The quantitative estimate of drug-likeness (QED) is 0.481. The highest BCUT2D eigenvalue weighted by Crippen LogP contribution is 2.37. The summed E-state index contributed by atoms with van der Waals surface area (Å²) in [6.45, 7) is 4.42. The number of halogens is 2. The van der Waals surface area contributed by atoms with E-state index in [0.29, 0.717) is 0 Å². The molecule has 0 aliphatic carbocycles. The maximum Gasteiger partial charge on any atom is 0.0581 e. The van der Waals surface area contributed by atoms with Gasteiger partial charge in [0.05, 0.1) is 11.7 Å². The zero-order chi connectivity index (χ0) is 15.0. The topological polar surface area (TPSA) is 12.0 Å². The van der Waals surface area contributed by atoms with E-state index in [0.717, 1.165) is 14.6 Å². The van der Waals surface area contributed by atoms with Crippen LogP contribution in [0.15, 0.2) is 51.4 Å². The highest BCUT2D eigenvalue weighted by molar-refractivity contribution is 9.11. The van der Waals surface area contributed by atoms with Gasteiger partial charge in [-0.25, -0.2) is 0 Å². The Balaban J connectivity index is 1.95. The molecule has 1 atom stereocenters. The third-order valence-corrected chi connectivity index (χ3v) is 6.21. The second-order valence-electron chi connectivity index (χ2n) is 5.08. The van der Waals surface area contributed by atoms with Gasteiger partial charge in [0.1, 0.15) is 0 Å². The van der Waals surface area contributed by atoms with Gasteiger partial charge < -0.3 is 5.32 Å². The zero-order valence-electron chi connectivity index (χ0n) is 11.8. The molecule has 1 nitrogen and oxygen atoms in total. The highest BCUT2D eigenvalue weighted by Gasteiger charge is 2.15. The molecule has 0 amide bonds. The van der Waals surface area contributed by atoms with E-state index in [1.165, 1.54) is 20.5 Å². The van der Waals surface area contributed by atoms with Gasteiger partial charge in [0.2, 0.25) is 0 Å². The van der Waals surface area contributed by atoms with Crippen molar-refractivity contribution in [3.8, 4) is 0 Å². The first-order valence-corrected chi connectivity index (χ1v) is 9.16. The molecule has 1 heterocycles. The van der Waals surface area contributed by atoms with Crippen LogP contribution in [0.4, 0.5) is 5.69 Å². The van der Waals surface area contributed by atoms with Crippen molar-refractivity contribution in [1.29, 1.82) is 0 Å². The summed E-state index contributed by atoms with van der Waals surface area (Å²) in [6, 6.07) is 15.1. The van der Waals surface area contributed by atoms with Crippen LogP contribution in [0.5, 0.6) is 0 Å². The molecule has 21 heavy (non-hydrogen) atoms. The van der Waals surface area contributed by atoms with Gasteiger partial charge in [0.15, 0.2) is 0 Å². The highest BCUT2D eigenvalue weighted by atomic mass is 79.9. The lowest BCUT2D eigenvalue weighted by Crippen LogP contribution is -2.06. The Labute approximate surface area is 145 Å². The smallest absolute Gasteiger partial charge is 0.0581 e. The fourth-order valence-electron chi connectivity index (χ4n) is 2.51. The Morgan fingerprint density at radius 3 is 2.62 bits per heavy atom. The van der Waals surface area contributed by atoms with E-state index < -0.39 is 0 Å². The third kappa shape index (κ3) is 3.03. The SMILES string of the molecule is Cc1c(C(C)Nc2cc(Br)ccc2Br)sc2ccccc12. The Bertz CT molecular complexity index is 795. The Hall–Kier alpha value is -0.840. The molecule has 0 aliphatic rings. The second kappa shape index (κ2) is 6.11. The van der Waals surface area contributed by atoms with Crippen LogP contribution >= 0.6 is 43.2 Å². The Morgan fingerprint density at radius 2 is 1.86 bits per heavy atom. The van der Waals surface area contributed by atoms with Crippen LogP contribution < -0.4 is 5.32 Å². The lowest BCUT2D eigenvalue weighted by molar-refractivity contribution is 0.899. The number of nitrogens with one attached hydrogen (secondary N) is 1. The van der Waals surface area contributed by atoms with Crippen LogP contribution in [0, 0.1) is 6.92 Å². The fourth-order valence-corrected chi connectivity index (χ4v) is 4.45. The summed E-state index contributed by atoms with van der Waals surface area (Å²) in [5, 5.41) is 4.96. The first-order valence-electron chi connectivity index (χ1n) is 6.76. The molecule has 3 rings (SSSR count). The number of hydrogen-bond acceptors (Lipinski definition) is 2. The number of rotatable bonds is 3. The summed E-state index contributed by atoms with van der Waals surface area (Å²) in [4.78, 5) is 1.39. The Morgan fingerprint density at radius 1 is 1.10 bits per heavy atom. The van der Waals surface area contributed by atoms with Gasteiger partial charge >= 0.3 is 0 Å². The van der Waals surface area contributed by atoms with Crippen LogP contribution in [0.1, 0.15) is 23.4 Å². The summed E-state index contributed by atoms with van der Waals surface area (Å²) >= 11 is 9.00. The van der Waals surface area contributed by atoms with Crippen LogP contribution in [0.25, 0.3) is 10.1 Å². The van der Waals surface area contributed by atoms with E-state index in [4.69, 9.17) is 0 Å². The minimum atomic E-state index is 0.271. The summed E-state index contributed by atoms with van der Waals surface area (Å²) in [6.07, 6.45) is 0. The average molecular weight is 425 g/mol. The lowest BCUT2D eigenvalue weighted by Gasteiger charge is -2.16. The van der Waals surface area contributed by atoms with Crippen LogP contribution in [0.3, 0.4) is 0 Å². The van der Waals surface area contributed by atoms with Crippen molar-refractivity contribution >= 4 is 59.0 Å². The maximum absolute atomic E-state index is 3.60. The maximum atomic E-state index is 3.60. The number of hydrogen-bond donors (Lipinski definition) is 1. The predicted molar refractivity (Wildman–Crippen MR) is 100 cm³/mol. The predicted octanol–water partition coefficient (Wildman–Crippen LogP) is 6.91. The van der Waals surface area contributed by atoms with Crippen molar-refractivity contribution in [3.63, 3.8) is 0 Å². The molecule has 108 valence electrons. The van der Waals surface area contributed by atoms with Crippen molar-refractivity contribution < 1.29 is 0 Å². The van der Waals surface area contributed by atoms with E-state index in [2.05, 4.69) is 87.4 Å². The molecule has 1 unspecified atom stereocenters. The monoisotopic (exact) mass is 423 g/mol. The molecule has 0 fully saturated rings. The van der Waals surface area contributed by atoms with Crippen molar-refractivity contribution in [2.75, 3.05) is 5.32 Å². The summed E-state index contributed by atoms with van der Waals surface area (Å²) in [5.74, 6) is 0. The third-order valence-electron chi connectivity index (χ3n) is 3.57. The van der Waals surface area contributed by atoms with E-state index in [1.807, 2.05) is 17.4 Å². The molecule has 0 saturated heterocycles. The van der Waals surface area contributed by atoms with E-state index >= 15 is 0 Å². The molecule has 0 radical (unpaired) electrons. The largest absolute Gasteiger partial charge is 0.377 e. The molecule has 0 spiro atoms. The molecule has 1 aromatic heterocycles. The molecule has 0 aliphatic heterocycles. The van der Waals surface area contributed by atoms with Crippen molar-refractivity contribution in [2.45, 2.75) is 19.9 Å². The van der Waals surface area contributed by atoms with E-state index in [9.17, 15) is 0 Å². The van der Waals surface area contributed by atoms with Gasteiger partial charge in [-0.05, 0) is 65.0 Å². The molecular weight excluding hydrogens is 410 g/mol. The molecular formula is C17H15Br2NS. The minimum Gasteiger partial charge on any atom is -0.377 e. The number of benzene rings is 2. The van der Waals surface area contributed by atoms with Gasteiger partial charge in [-0.2, -0.15) is 0 Å². The van der Waals surface area contributed by atoms with Crippen LogP contribution in [0.2, 0.25) is 0 Å². The second-order valence-corrected chi connectivity index (χ2v) is 7.93. The zero-order valence-corrected chi connectivity index (χ0v) is 15.8. The normalized spacial score (nSPS) is 12.6. The van der Waals surface area contributed by atoms with Gasteiger partial charge in [0.25, 0.3) is 0 Å². The molecule has 4 heteroatoms. The van der Waals surface area contributed by atoms with Crippen molar-refractivity contribution in [3.05, 3.63) is 61.9 Å².